The normalized spacial score (nSPS) is 16.5. The highest BCUT2D eigenvalue weighted by Gasteiger charge is 2.25. The summed E-state index contributed by atoms with van der Waals surface area (Å²) in [4.78, 5) is 14.4. The molecule has 1 N–H and O–H groups in total. The van der Waals surface area contributed by atoms with Crippen molar-refractivity contribution in [2.75, 3.05) is 47.1 Å². The Labute approximate surface area is 148 Å². The predicted octanol–water partition coefficient (Wildman–Crippen LogP) is 0.481. The SMILES string of the molecule is COC[C@H](C)NS(=O)(=O)c1ccc(OC)c(C(=O)N2CCOCC2)c1. The van der Waals surface area contributed by atoms with Gasteiger partial charge in [0, 0.05) is 26.2 Å². The number of morpholine rings is 1. The molecule has 25 heavy (non-hydrogen) atoms. The van der Waals surface area contributed by atoms with E-state index in [1.54, 1.807) is 11.8 Å². The van der Waals surface area contributed by atoms with Crippen molar-refractivity contribution in [1.82, 2.24) is 9.62 Å². The summed E-state index contributed by atoms with van der Waals surface area (Å²) in [7, 11) is -0.834. The lowest BCUT2D eigenvalue weighted by molar-refractivity contribution is 0.0300. The number of carbonyl (C=O) groups is 1. The van der Waals surface area contributed by atoms with Crippen LogP contribution in [0.25, 0.3) is 0 Å². The molecule has 0 spiro atoms. The molecular formula is C16H24N2O6S. The molecule has 1 heterocycles. The zero-order valence-electron chi connectivity index (χ0n) is 14.6. The zero-order chi connectivity index (χ0) is 18.4. The van der Waals surface area contributed by atoms with Crippen molar-refractivity contribution in [2.45, 2.75) is 17.9 Å². The topological polar surface area (TPSA) is 94.2 Å². The van der Waals surface area contributed by atoms with Crippen LogP contribution < -0.4 is 9.46 Å². The fourth-order valence-corrected chi connectivity index (χ4v) is 3.83. The highest BCUT2D eigenvalue weighted by molar-refractivity contribution is 7.89. The second-order valence-corrected chi connectivity index (χ2v) is 7.46. The molecule has 0 unspecified atom stereocenters. The number of sulfonamides is 1. The Balaban J connectivity index is 2.31. The number of carbonyl (C=O) groups excluding carboxylic acids is 1. The van der Waals surface area contributed by atoms with E-state index in [4.69, 9.17) is 14.2 Å². The molecule has 0 aliphatic carbocycles. The van der Waals surface area contributed by atoms with E-state index in [0.717, 1.165) is 0 Å². The lowest BCUT2D eigenvalue weighted by Crippen LogP contribution is -2.41. The van der Waals surface area contributed by atoms with Gasteiger partial charge in [-0.1, -0.05) is 0 Å². The molecule has 2 rings (SSSR count). The number of methoxy groups -OCH3 is 2. The van der Waals surface area contributed by atoms with Gasteiger partial charge in [0.05, 0.1) is 37.4 Å². The van der Waals surface area contributed by atoms with Gasteiger partial charge in [0.1, 0.15) is 5.75 Å². The minimum atomic E-state index is -3.77. The van der Waals surface area contributed by atoms with Gasteiger partial charge in [-0.2, -0.15) is 0 Å². The average molecular weight is 372 g/mol. The smallest absolute Gasteiger partial charge is 0.257 e. The first-order valence-electron chi connectivity index (χ1n) is 7.95. The average Bonchev–Trinajstić information content (AvgIpc) is 2.61. The number of benzene rings is 1. The largest absolute Gasteiger partial charge is 0.496 e. The number of nitrogens with one attached hydrogen (secondary N) is 1. The Morgan fingerprint density at radius 2 is 2.00 bits per heavy atom. The van der Waals surface area contributed by atoms with E-state index in [9.17, 15) is 13.2 Å². The van der Waals surface area contributed by atoms with Crippen LogP contribution in [0.15, 0.2) is 23.1 Å². The van der Waals surface area contributed by atoms with Crippen molar-refractivity contribution in [3.63, 3.8) is 0 Å². The number of rotatable bonds is 7. The van der Waals surface area contributed by atoms with Crippen molar-refractivity contribution < 1.29 is 27.4 Å². The molecule has 0 saturated carbocycles. The highest BCUT2D eigenvalue weighted by Crippen LogP contribution is 2.24. The molecule has 0 bridgehead atoms. The molecule has 140 valence electrons. The maximum Gasteiger partial charge on any atom is 0.257 e. The minimum Gasteiger partial charge on any atom is -0.496 e. The lowest BCUT2D eigenvalue weighted by atomic mass is 10.1. The molecule has 1 amide bonds. The zero-order valence-corrected chi connectivity index (χ0v) is 15.5. The Morgan fingerprint density at radius 3 is 2.60 bits per heavy atom. The number of amides is 1. The van der Waals surface area contributed by atoms with Crippen LogP contribution in [-0.2, 0) is 19.5 Å². The molecule has 1 aromatic carbocycles. The summed E-state index contributed by atoms with van der Waals surface area (Å²) in [5.74, 6) is 0.0579. The van der Waals surface area contributed by atoms with E-state index in [1.807, 2.05) is 0 Å². The van der Waals surface area contributed by atoms with Crippen molar-refractivity contribution >= 4 is 15.9 Å². The van der Waals surface area contributed by atoms with Crippen molar-refractivity contribution in [3.05, 3.63) is 23.8 Å². The molecule has 0 aromatic heterocycles. The standard InChI is InChI=1S/C16H24N2O6S/c1-12(11-22-2)17-25(20,21)13-4-5-15(23-3)14(10-13)16(19)18-6-8-24-9-7-18/h4-5,10,12,17H,6-9,11H2,1-3H3/t12-/m0/s1. The lowest BCUT2D eigenvalue weighted by Gasteiger charge is -2.27. The molecule has 1 aromatic rings. The summed E-state index contributed by atoms with van der Waals surface area (Å²) in [6.07, 6.45) is 0. The molecule has 9 heteroatoms. The maximum atomic E-state index is 12.7. The van der Waals surface area contributed by atoms with E-state index in [2.05, 4.69) is 4.72 Å². The molecule has 8 nitrogen and oxygen atoms in total. The summed E-state index contributed by atoms with van der Waals surface area (Å²) >= 11 is 0. The third-order valence-electron chi connectivity index (χ3n) is 3.78. The summed E-state index contributed by atoms with van der Waals surface area (Å²) in [5.41, 5.74) is 0.215. The third-order valence-corrected chi connectivity index (χ3v) is 5.37. The van der Waals surface area contributed by atoms with Crippen LogP contribution in [-0.4, -0.2) is 72.4 Å². The van der Waals surface area contributed by atoms with E-state index < -0.39 is 16.1 Å². The van der Waals surface area contributed by atoms with Crippen LogP contribution >= 0.6 is 0 Å². The first kappa shape index (κ1) is 19.6. The monoisotopic (exact) mass is 372 g/mol. The van der Waals surface area contributed by atoms with Crippen molar-refractivity contribution in [3.8, 4) is 5.75 Å². The molecule has 1 fully saturated rings. The maximum absolute atomic E-state index is 12.7. The van der Waals surface area contributed by atoms with Crippen molar-refractivity contribution in [2.24, 2.45) is 0 Å². The van der Waals surface area contributed by atoms with E-state index in [-0.39, 0.29) is 23.0 Å². The second-order valence-electron chi connectivity index (χ2n) is 5.74. The van der Waals surface area contributed by atoms with Gasteiger partial charge < -0.3 is 19.1 Å². The van der Waals surface area contributed by atoms with Gasteiger partial charge in [0.2, 0.25) is 10.0 Å². The summed E-state index contributed by atoms with van der Waals surface area (Å²) in [5, 5.41) is 0. The van der Waals surface area contributed by atoms with E-state index in [1.165, 1.54) is 32.4 Å². The number of nitrogens with zero attached hydrogens (tertiary/aromatic N) is 1. The number of hydrogen-bond donors (Lipinski definition) is 1. The van der Waals surface area contributed by atoms with Gasteiger partial charge in [-0.25, -0.2) is 13.1 Å². The Morgan fingerprint density at radius 1 is 1.32 bits per heavy atom. The molecular weight excluding hydrogens is 348 g/mol. The van der Waals surface area contributed by atoms with Crippen LogP contribution in [0.4, 0.5) is 0 Å². The summed E-state index contributed by atoms with van der Waals surface area (Å²) in [6.45, 7) is 3.79. The van der Waals surface area contributed by atoms with Crippen LogP contribution in [0.2, 0.25) is 0 Å². The van der Waals surface area contributed by atoms with Gasteiger partial charge in [0.25, 0.3) is 5.91 Å². The third kappa shape index (κ3) is 4.91. The first-order chi connectivity index (χ1) is 11.9. The van der Waals surface area contributed by atoms with Crippen molar-refractivity contribution in [1.29, 1.82) is 0 Å². The quantitative estimate of drug-likeness (QED) is 0.748. The molecule has 1 atom stereocenters. The second kappa shape index (κ2) is 8.61. The fraction of sp³-hybridized carbons (Fsp3) is 0.562. The number of hydrogen-bond acceptors (Lipinski definition) is 6. The predicted molar refractivity (Wildman–Crippen MR) is 91.4 cm³/mol. The first-order valence-corrected chi connectivity index (χ1v) is 9.43. The number of ether oxygens (including phenoxy) is 3. The van der Waals surface area contributed by atoms with Gasteiger partial charge in [-0.15, -0.1) is 0 Å². The summed E-state index contributed by atoms with van der Waals surface area (Å²) in [6, 6.07) is 3.86. The van der Waals surface area contributed by atoms with Crippen LogP contribution in [0.5, 0.6) is 5.75 Å². The summed E-state index contributed by atoms with van der Waals surface area (Å²) < 4.78 is 43.0. The van der Waals surface area contributed by atoms with Crippen LogP contribution in [0, 0.1) is 0 Å². The van der Waals surface area contributed by atoms with Crippen LogP contribution in [0.1, 0.15) is 17.3 Å². The minimum absolute atomic E-state index is 0.00728. The highest BCUT2D eigenvalue weighted by atomic mass is 32.2. The Bertz CT molecular complexity index is 701. The Hall–Kier alpha value is -1.68. The van der Waals surface area contributed by atoms with Gasteiger partial charge >= 0.3 is 0 Å². The van der Waals surface area contributed by atoms with E-state index >= 15 is 0 Å². The van der Waals surface area contributed by atoms with Gasteiger partial charge in [-0.05, 0) is 25.1 Å². The van der Waals surface area contributed by atoms with E-state index in [0.29, 0.717) is 32.1 Å². The van der Waals surface area contributed by atoms with Gasteiger partial charge in [-0.3, -0.25) is 4.79 Å². The fourth-order valence-electron chi connectivity index (χ4n) is 2.58. The molecule has 1 aliphatic rings. The molecule has 0 radical (unpaired) electrons. The Kier molecular flexibility index (Phi) is 6.77. The molecule has 1 aliphatic heterocycles. The van der Waals surface area contributed by atoms with Gasteiger partial charge in [0.15, 0.2) is 0 Å². The van der Waals surface area contributed by atoms with Crippen LogP contribution in [0.3, 0.4) is 0 Å². The molecule has 1 saturated heterocycles.